The summed E-state index contributed by atoms with van der Waals surface area (Å²) in [5.74, 6) is 0. The molecule has 0 spiro atoms. The molecule has 0 radical (unpaired) electrons. The van der Waals surface area contributed by atoms with Gasteiger partial charge in [0, 0.05) is 0 Å². The number of aliphatic hydroxyl groups excluding tert-OH is 4. The fourth-order valence-electron chi connectivity index (χ4n) is 0.625. The summed E-state index contributed by atoms with van der Waals surface area (Å²) >= 11 is 4.03. The van der Waals surface area contributed by atoms with Crippen LogP contribution < -0.4 is 0 Å². The van der Waals surface area contributed by atoms with Gasteiger partial charge in [0.15, 0.2) is 6.10 Å². The minimum atomic E-state index is -1.51. The molecule has 0 aliphatic heterocycles. The molecule has 0 fully saturated rings. The lowest BCUT2D eigenvalue weighted by Gasteiger charge is -2.20. The zero-order chi connectivity index (χ0) is 9.72. The van der Waals surface area contributed by atoms with Gasteiger partial charge < -0.3 is 24.3 Å². The Hall–Kier alpha value is -0.270. The second-order valence-corrected chi connectivity index (χ2v) is 2.64. The van der Waals surface area contributed by atoms with E-state index in [-0.39, 0.29) is 0 Å². The van der Waals surface area contributed by atoms with Gasteiger partial charge in [0.25, 0.3) is 6.29 Å². The fraction of sp³-hybridized carbons (Fsp3) is 0.833. The van der Waals surface area contributed by atoms with Gasteiger partial charge in [-0.25, -0.2) is 12.9 Å². The van der Waals surface area contributed by atoms with Crippen LogP contribution in [0.25, 0.3) is 0 Å². The van der Waals surface area contributed by atoms with Crippen molar-refractivity contribution in [2.75, 3.05) is 0 Å². The van der Waals surface area contributed by atoms with Crippen LogP contribution in [0.4, 0.5) is 0 Å². The Morgan fingerprint density at radius 2 is 1.67 bits per heavy atom. The molecule has 12 heavy (non-hydrogen) atoms. The highest BCUT2D eigenvalue weighted by atomic mass is 32.1. The molecule has 0 heterocycles. The van der Waals surface area contributed by atoms with Crippen molar-refractivity contribution in [3.05, 3.63) is 0 Å². The Balaban J connectivity index is 4.08. The maximum absolute atomic E-state index is 9.07. The van der Waals surface area contributed by atoms with E-state index in [0.29, 0.717) is 0 Å². The van der Waals surface area contributed by atoms with Gasteiger partial charge in [0.05, 0.1) is 6.10 Å². The van der Waals surface area contributed by atoms with Crippen LogP contribution in [0.15, 0.2) is 0 Å². The first-order chi connectivity index (χ1) is 5.50. The molecular formula is C6H12O5S. The lowest BCUT2D eigenvalue weighted by Crippen LogP contribution is -2.44. The summed E-state index contributed by atoms with van der Waals surface area (Å²) in [5.41, 5.74) is 0. The third-order valence-corrected chi connectivity index (χ3v) is 1.50. The first kappa shape index (κ1) is 11.7. The molecule has 0 aromatic rings. The largest absolute Gasteiger partial charge is 0.391 e. The second-order valence-electron chi connectivity index (χ2n) is 2.44. The number of carbonyl (C=O) groups excluding carboxylic acids is 1. The molecule has 0 aliphatic carbocycles. The molecule has 4 N–H and O–H groups in total. The van der Waals surface area contributed by atoms with Crippen LogP contribution >= 0.6 is 0 Å². The van der Waals surface area contributed by atoms with Gasteiger partial charge in [0.1, 0.15) is 12.2 Å². The van der Waals surface area contributed by atoms with E-state index in [1.165, 1.54) is 6.92 Å². The van der Waals surface area contributed by atoms with Crippen molar-refractivity contribution in [1.29, 1.82) is 0 Å². The number of hydrogen-bond donors (Lipinski definition) is 4. The number of aldehydes is 1. The molecule has 0 saturated heterocycles. The van der Waals surface area contributed by atoms with Crippen molar-refractivity contribution < 1.29 is 24.3 Å². The van der Waals surface area contributed by atoms with Gasteiger partial charge in [-0.05, 0) is 6.92 Å². The van der Waals surface area contributed by atoms with E-state index in [9.17, 15) is 0 Å². The van der Waals surface area contributed by atoms with Crippen molar-refractivity contribution in [1.82, 2.24) is 0 Å². The normalized spacial score (nSPS) is 22.1. The van der Waals surface area contributed by atoms with Crippen LogP contribution in [-0.2, 0) is 16.8 Å². The highest BCUT2D eigenvalue weighted by molar-refractivity contribution is 7.50. The summed E-state index contributed by atoms with van der Waals surface area (Å²) in [5, 5.41) is 35.9. The third kappa shape index (κ3) is 3.42. The standard InChI is InChI=1S/C6H12O5S/c1-3(7)5(9)6(10)4(8)2-11-12/h2-10H,1H3/t3-,4+,5+,6-/m0/s1. The summed E-state index contributed by atoms with van der Waals surface area (Å²) in [4.78, 5) is 0. The molecule has 5 nitrogen and oxygen atoms in total. The number of aliphatic hydroxyl groups is 4. The zero-order valence-electron chi connectivity index (χ0n) is 6.49. The van der Waals surface area contributed by atoms with E-state index in [2.05, 4.69) is 16.8 Å². The first-order valence-corrected chi connectivity index (χ1v) is 3.68. The van der Waals surface area contributed by atoms with Crippen LogP contribution in [0.2, 0.25) is 0 Å². The minimum Gasteiger partial charge on any atom is -0.391 e. The highest BCUT2D eigenvalue weighted by Crippen LogP contribution is 2.02. The molecule has 6 heteroatoms. The molecule has 0 saturated carbocycles. The number of hydrogen-bond acceptors (Lipinski definition) is 5. The van der Waals surface area contributed by atoms with Gasteiger partial charge in [-0.3, -0.25) is 0 Å². The average molecular weight is 196 g/mol. The van der Waals surface area contributed by atoms with E-state index in [4.69, 9.17) is 20.4 Å². The molecule has 0 amide bonds. The third-order valence-electron chi connectivity index (χ3n) is 1.39. The van der Waals surface area contributed by atoms with Crippen molar-refractivity contribution in [2.24, 2.45) is 0 Å². The summed E-state index contributed by atoms with van der Waals surface area (Å²) in [7, 11) is 0. The second kappa shape index (κ2) is 5.39. The summed E-state index contributed by atoms with van der Waals surface area (Å²) in [6.45, 7) is 1.29. The minimum absolute atomic E-state index is 0.783. The lowest BCUT2D eigenvalue weighted by atomic mass is 10.1. The summed E-state index contributed by atoms with van der Waals surface area (Å²) < 4.78 is 4.01. The van der Waals surface area contributed by atoms with Gasteiger partial charge >= 0.3 is 0 Å². The SMILES string of the molecule is C[C@H](O)[C@@H](O)[C@@H](O)[C@H](O)C=[O+][S-]. The number of rotatable bonds is 4. The van der Waals surface area contributed by atoms with Crippen molar-refractivity contribution in [2.45, 2.75) is 31.3 Å². The molecule has 0 bridgehead atoms. The molecule has 0 aromatic carbocycles. The molecule has 0 aliphatic rings. The zero-order valence-corrected chi connectivity index (χ0v) is 7.31. The Labute approximate surface area is 75.6 Å². The quantitative estimate of drug-likeness (QED) is 0.229. The predicted molar refractivity (Wildman–Crippen MR) is 43.1 cm³/mol. The van der Waals surface area contributed by atoms with Crippen molar-refractivity contribution in [3.8, 4) is 0 Å². The molecule has 0 aromatic heterocycles. The smallest absolute Gasteiger partial charge is 0.296 e. The van der Waals surface area contributed by atoms with Crippen LogP contribution in [0, 0.1) is 0 Å². The monoisotopic (exact) mass is 196 g/mol. The summed E-state index contributed by atoms with van der Waals surface area (Å²) in [6, 6.07) is 0. The van der Waals surface area contributed by atoms with Gasteiger partial charge in [0.2, 0.25) is 0 Å². The van der Waals surface area contributed by atoms with Gasteiger partial charge in [-0.1, -0.05) is 0 Å². The lowest BCUT2D eigenvalue weighted by molar-refractivity contribution is -0.243. The van der Waals surface area contributed by atoms with Crippen LogP contribution in [0.5, 0.6) is 0 Å². The van der Waals surface area contributed by atoms with Crippen LogP contribution in [0.3, 0.4) is 0 Å². The molecular weight excluding hydrogens is 184 g/mol. The van der Waals surface area contributed by atoms with Crippen molar-refractivity contribution in [3.63, 3.8) is 0 Å². The van der Waals surface area contributed by atoms with Crippen LogP contribution in [-0.4, -0.2) is 51.1 Å². The maximum atomic E-state index is 9.07. The highest BCUT2D eigenvalue weighted by Gasteiger charge is 2.29. The Kier molecular flexibility index (Phi) is 5.27. The Morgan fingerprint density at radius 1 is 1.17 bits per heavy atom. The first-order valence-electron chi connectivity index (χ1n) is 3.35. The molecule has 4 atom stereocenters. The molecule has 72 valence electrons. The van der Waals surface area contributed by atoms with Gasteiger partial charge in [-0.2, -0.15) is 0 Å². The Morgan fingerprint density at radius 3 is 2.00 bits per heavy atom. The van der Waals surface area contributed by atoms with E-state index in [0.717, 1.165) is 6.29 Å². The average Bonchev–Trinajstić information content (AvgIpc) is 2.02. The van der Waals surface area contributed by atoms with E-state index >= 15 is 0 Å². The Bertz CT molecular complexity index is 149. The molecule has 0 rings (SSSR count). The topological polar surface area (TPSA) is 92.2 Å². The molecule has 0 unspecified atom stereocenters. The van der Waals surface area contributed by atoms with E-state index in [1.807, 2.05) is 0 Å². The van der Waals surface area contributed by atoms with E-state index in [1.54, 1.807) is 0 Å². The maximum Gasteiger partial charge on any atom is 0.296 e. The van der Waals surface area contributed by atoms with E-state index < -0.39 is 24.4 Å². The van der Waals surface area contributed by atoms with Gasteiger partial charge in [-0.15, -0.1) is 0 Å². The van der Waals surface area contributed by atoms with Crippen molar-refractivity contribution >= 4 is 19.2 Å². The predicted octanol–water partition coefficient (Wildman–Crippen LogP) is -2.35. The fourth-order valence-corrected chi connectivity index (χ4v) is 0.739. The summed E-state index contributed by atoms with van der Waals surface area (Å²) in [6.07, 6.45) is -4.69. The van der Waals surface area contributed by atoms with Crippen LogP contribution in [0.1, 0.15) is 6.92 Å².